The molecule has 1 N–H and O–H groups in total. The van der Waals surface area contributed by atoms with E-state index >= 15 is 0 Å². The van der Waals surface area contributed by atoms with Gasteiger partial charge in [-0.15, -0.1) is 0 Å². The number of ether oxygens (including phenoxy) is 1. The molecule has 0 amide bonds. The van der Waals surface area contributed by atoms with Crippen LogP contribution in [-0.4, -0.2) is 73.4 Å². The second-order valence-electron chi connectivity index (χ2n) is 6.62. The topological polar surface area (TPSA) is 53.0 Å². The molecule has 2 aliphatic rings. The Kier molecular flexibility index (Phi) is 5.41. The Morgan fingerprint density at radius 2 is 1.85 bits per heavy atom. The minimum Gasteiger partial charge on any atom is -0.481 e. The van der Waals surface area contributed by atoms with Gasteiger partial charge in [-0.05, 0) is 39.2 Å². The maximum atomic E-state index is 11.4. The zero-order valence-corrected chi connectivity index (χ0v) is 12.8. The van der Waals surface area contributed by atoms with Gasteiger partial charge in [-0.25, -0.2) is 0 Å². The van der Waals surface area contributed by atoms with E-state index in [9.17, 15) is 9.90 Å². The molecule has 2 heterocycles. The van der Waals surface area contributed by atoms with Gasteiger partial charge in [0.15, 0.2) is 0 Å². The van der Waals surface area contributed by atoms with Crippen LogP contribution < -0.4 is 0 Å². The van der Waals surface area contributed by atoms with Crippen molar-refractivity contribution in [1.29, 1.82) is 0 Å². The molecule has 2 fully saturated rings. The predicted octanol–water partition coefficient (Wildman–Crippen LogP) is 1.14. The number of hydrogen-bond acceptors (Lipinski definition) is 4. The van der Waals surface area contributed by atoms with Crippen LogP contribution in [0.3, 0.4) is 0 Å². The van der Waals surface area contributed by atoms with Crippen molar-refractivity contribution < 1.29 is 14.6 Å². The number of rotatable bonds is 5. The lowest BCUT2D eigenvalue weighted by atomic mass is 9.74. The monoisotopic (exact) mass is 284 g/mol. The van der Waals surface area contributed by atoms with Crippen molar-refractivity contribution in [2.45, 2.75) is 26.7 Å². The number of carboxylic acid groups (broad SMARTS) is 1. The molecule has 0 aromatic carbocycles. The number of hydrogen-bond donors (Lipinski definition) is 1. The highest BCUT2D eigenvalue weighted by Crippen LogP contribution is 2.34. The third-order valence-corrected chi connectivity index (χ3v) is 4.91. The van der Waals surface area contributed by atoms with Gasteiger partial charge in [-0.3, -0.25) is 9.69 Å². The van der Waals surface area contributed by atoms with Gasteiger partial charge >= 0.3 is 5.97 Å². The van der Waals surface area contributed by atoms with Crippen molar-refractivity contribution in [3.63, 3.8) is 0 Å². The quantitative estimate of drug-likeness (QED) is 0.820. The molecule has 0 spiro atoms. The second-order valence-corrected chi connectivity index (χ2v) is 6.62. The maximum absolute atomic E-state index is 11.4. The van der Waals surface area contributed by atoms with Crippen LogP contribution in [0.5, 0.6) is 0 Å². The van der Waals surface area contributed by atoms with Gasteiger partial charge in [0.1, 0.15) is 0 Å². The third-order valence-electron chi connectivity index (χ3n) is 4.91. The minimum absolute atomic E-state index is 0.262. The van der Waals surface area contributed by atoms with E-state index < -0.39 is 11.4 Å². The first-order chi connectivity index (χ1) is 9.50. The number of aliphatic carboxylic acids is 1. The molecule has 5 nitrogen and oxygen atoms in total. The number of likely N-dealkylation sites (tertiary alicyclic amines) is 1. The Hall–Kier alpha value is -0.650. The molecule has 0 radical (unpaired) electrons. The summed E-state index contributed by atoms with van der Waals surface area (Å²) in [6, 6.07) is 0. The Balaban J connectivity index is 1.79. The van der Waals surface area contributed by atoms with E-state index in [1.165, 1.54) is 0 Å². The van der Waals surface area contributed by atoms with E-state index in [1.807, 2.05) is 13.8 Å². The zero-order chi connectivity index (χ0) is 14.6. The maximum Gasteiger partial charge on any atom is 0.309 e. The normalized spacial score (nSPS) is 26.6. The average Bonchev–Trinajstić information content (AvgIpc) is 2.46. The summed E-state index contributed by atoms with van der Waals surface area (Å²) in [5.41, 5.74) is -0.613. The summed E-state index contributed by atoms with van der Waals surface area (Å²) < 4.78 is 5.36. The first-order valence-electron chi connectivity index (χ1n) is 7.76. The van der Waals surface area contributed by atoms with Gasteiger partial charge in [0, 0.05) is 32.7 Å². The summed E-state index contributed by atoms with van der Waals surface area (Å²) in [5.74, 6) is -0.407. The molecule has 2 rings (SSSR count). The van der Waals surface area contributed by atoms with Gasteiger partial charge in [0.05, 0.1) is 18.6 Å². The van der Waals surface area contributed by atoms with E-state index in [1.54, 1.807) is 0 Å². The lowest BCUT2D eigenvalue weighted by molar-refractivity contribution is -0.151. The molecule has 5 heteroatoms. The number of carboxylic acids is 1. The summed E-state index contributed by atoms with van der Waals surface area (Å²) in [7, 11) is 0. The highest BCUT2D eigenvalue weighted by atomic mass is 16.5. The number of morpholine rings is 1. The third kappa shape index (κ3) is 3.93. The van der Waals surface area contributed by atoms with Gasteiger partial charge in [0.25, 0.3) is 0 Å². The molecular formula is C15H28N2O3. The van der Waals surface area contributed by atoms with Crippen LogP contribution >= 0.6 is 0 Å². The molecule has 0 aromatic heterocycles. The minimum atomic E-state index is -0.669. The SMILES string of the molecule is CC(C)(C(=O)O)C1CCCN(CCN2CCOCC2)C1. The Morgan fingerprint density at radius 3 is 2.50 bits per heavy atom. The van der Waals surface area contributed by atoms with Crippen LogP contribution in [0.4, 0.5) is 0 Å². The zero-order valence-electron chi connectivity index (χ0n) is 12.8. The molecule has 2 saturated heterocycles. The Bertz CT molecular complexity index is 327. The van der Waals surface area contributed by atoms with Crippen molar-refractivity contribution in [3.8, 4) is 0 Å². The van der Waals surface area contributed by atoms with Gasteiger partial charge in [-0.1, -0.05) is 0 Å². The molecule has 0 aliphatic carbocycles. The predicted molar refractivity (Wildman–Crippen MR) is 77.8 cm³/mol. The van der Waals surface area contributed by atoms with E-state index in [-0.39, 0.29) is 5.92 Å². The summed E-state index contributed by atoms with van der Waals surface area (Å²) >= 11 is 0. The van der Waals surface area contributed by atoms with Crippen LogP contribution in [-0.2, 0) is 9.53 Å². The highest BCUT2D eigenvalue weighted by Gasteiger charge is 2.38. The molecular weight excluding hydrogens is 256 g/mol. The average molecular weight is 284 g/mol. The summed E-state index contributed by atoms with van der Waals surface area (Å²) in [5, 5.41) is 9.37. The molecule has 20 heavy (non-hydrogen) atoms. The summed E-state index contributed by atoms with van der Waals surface area (Å²) in [6.45, 7) is 11.6. The fourth-order valence-electron chi connectivity index (χ4n) is 3.13. The van der Waals surface area contributed by atoms with Crippen molar-refractivity contribution in [2.24, 2.45) is 11.3 Å². The van der Waals surface area contributed by atoms with Gasteiger partial charge < -0.3 is 14.7 Å². The smallest absolute Gasteiger partial charge is 0.309 e. The number of carbonyl (C=O) groups is 1. The first-order valence-corrected chi connectivity index (χ1v) is 7.76. The fraction of sp³-hybridized carbons (Fsp3) is 0.933. The molecule has 0 saturated carbocycles. The lowest BCUT2D eigenvalue weighted by Gasteiger charge is -2.40. The second kappa shape index (κ2) is 6.87. The summed E-state index contributed by atoms with van der Waals surface area (Å²) in [6.07, 6.45) is 2.15. The molecule has 1 atom stereocenters. The summed E-state index contributed by atoms with van der Waals surface area (Å²) in [4.78, 5) is 16.3. The van der Waals surface area contributed by atoms with Crippen LogP contribution in [0.2, 0.25) is 0 Å². The first kappa shape index (κ1) is 15.7. The lowest BCUT2D eigenvalue weighted by Crippen LogP contribution is -2.47. The van der Waals surface area contributed by atoms with Crippen LogP contribution in [0.25, 0.3) is 0 Å². The molecule has 0 bridgehead atoms. The fourth-order valence-corrected chi connectivity index (χ4v) is 3.13. The van der Waals surface area contributed by atoms with Crippen LogP contribution in [0, 0.1) is 11.3 Å². The van der Waals surface area contributed by atoms with Crippen molar-refractivity contribution in [3.05, 3.63) is 0 Å². The van der Waals surface area contributed by atoms with Gasteiger partial charge in [-0.2, -0.15) is 0 Å². The van der Waals surface area contributed by atoms with Crippen molar-refractivity contribution >= 4 is 5.97 Å². The van der Waals surface area contributed by atoms with Crippen LogP contribution in [0.15, 0.2) is 0 Å². The Labute approximate surface area is 121 Å². The van der Waals surface area contributed by atoms with E-state index in [2.05, 4.69) is 9.80 Å². The van der Waals surface area contributed by atoms with E-state index in [0.29, 0.717) is 0 Å². The van der Waals surface area contributed by atoms with Crippen molar-refractivity contribution in [1.82, 2.24) is 9.80 Å². The number of piperidine rings is 1. The van der Waals surface area contributed by atoms with E-state index in [4.69, 9.17) is 4.74 Å². The van der Waals surface area contributed by atoms with Crippen LogP contribution in [0.1, 0.15) is 26.7 Å². The molecule has 116 valence electrons. The van der Waals surface area contributed by atoms with E-state index in [0.717, 1.165) is 65.3 Å². The Morgan fingerprint density at radius 1 is 1.20 bits per heavy atom. The largest absolute Gasteiger partial charge is 0.481 e. The molecule has 0 aromatic rings. The standard InChI is InChI=1S/C15H28N2O3/c1-15(2,14(18)19)13-4-3-5-17(12-13)7-6-16-8-10-20-11-9-16/h13H,3-12H2,1-2H3,(H,18,19). The molecule has 1 unspecified atom stereocenters. The van der Waals surface area contributed by atoms with Crippen molar-refractivity contribution in [2.75, 3.05) is 52.5 Å². The highest BCUT2D eigenvalue weighted by molar-refractivity contribution is 5.74. The van der Waals surface area contributed by atoms with Gasteiger partial charge in [0.2, 0.25) is 0 Å². The molecule has 2 aliphatic heterocycles. The number of nitrogens with zero attached hydrogens (tertiary/aromatic N) is 2.